The molecule has 1 aromatic carbocycles. The van der Waals surface area contributed by atoms with Crippen molar-refractivity contribution in [2.24, 2.45) is 0 Å². The van der Waals surface area contributed by atoms with Gasteiger partial charge in [-0.1, -0.05) is 6.07 Å². The van der Waals surface area contributed by atoms with E-state index < -0.39 is 0 Å². The van der Waals surface area contributed by atoms with Gasteiger partial charge in [0.1, 0.15) is 10.8 Å². The lowest BCUT2D eigenvalue weighted by Gasteiger charge is -2.01. The molecular formula is C13H13ClFNS. The van der Waals surface area contributed by atoms with Gasteiger partial charge in [0, 0.05) is 16.8 Å². The largest absolute Gasteiger partial charge is 0.241 e. The second-order valence-corrected chi connectivity index (χ2v) is 5.13. The Kier molecular flexibility index (Phi) is 4.13. The molecule has 0 amide bonds. The maximum absolute atomic E-state index is 13.2. The van der Waals surface area contributed by atoms with Crippen molar-refractivity contribution in [2.75, 3.05) is 5.88 Å². The first kappa shape index (κ1) is 12.5. The van der Waals surface area contributed by atoms with Crippen molar-refractivity contribution in [2.45, 2.75) is 19.8 Å². The maximum atomic E-state index is 13.2. The van der Waals surface area contributed by atoms with Crippen molar-refractivity contribution in [1.82, 2.24) is 4.98 Å². The summed E-state index contributed by atoms with van der Waals surface area (Å²) in [5.74, 6) is 0.425. The van der Waals surface area contributed by atoms with Gasteiger partial charge in [0.2, 0.25) is 0 Å². The number of hydrogen-bond acceptors (Lipinski definition) is 2. The summed E-state index contributed by atoms with van der Waals surface area (Å²) >= 11 is 7.20. The summed E-state index contributed by atoms with van der Waals surface area (Å²) in [7, 11) is 0. The van der Waals surface area contributed by atoms with E-state index in [1.54, 1.807) is 23.5 Å². The molecule has 0 atom stereocenters. The highest BCUT2D eigenvalue weighted by atomic mass is 35.5. The average Bonchev–Trinajstić information content (AvgIpc) is 2.78. The summed E-state index contributed by atoms with van der Waals surface area (Å²) in [6.07, 6.45) is 1.81. The lowest BCUT2D eigenvalue weighted by Crippen LogP contribution is -1.88. The molecule has 90 valence electrons. The molecule has 1 heterocycles. The van der Waals surface area contributed by atoms with Crippen LogP contribution in [0.1, 0.15) is 17.7 Å². The van der Waals surface area contributed by atoms with Crippen LogP contribution in [0.15, 0.2) is 23.6 Å². The number of thiazole rings is 1. The van der Waals surface area contributed by atoms with E-state index in [0.29, 0.717) is 5.88 Å². The van der Waals surface area contributed by atoms with Crippen LogP contribution >= 0.6 is 22.9 Å². The van der Waals surface area contributed by atoms with E-state index in [-0.39, 0.29) is 5.82 Å². The van der Waals surface area contributed by atoms with Crippen LogP contribution in [-0.2, 0) is 6.42 Å². The van der Waals surface area contributed by atoms with Crippen LogP contribution in [0.2, 0.25) is 0 Å². The van der Waals surface area contributed by atoms with Gasteiger partial charge in [0.05, 0.1) is 5.69 Å². The molecule has 4 heteroatoms. The molecule has 0 bridgehead atoms. The number of alkyl halides is 1. The normalized spacial score (nSPS) is 10.8. The van der Waals surface area contributed by atoms with Crippen LogP contribution < -0.4 is 0 Å². The molecule has 1 nitrogen and oxygen atoms in total. The van der Waals surface area contributed by atoms with Gasteiger partial charge >= 0.3 is 0 Å². The molecule has 1 aromatic heterocycles. The standard InChI is InChI=1S/C13H13ClFNS/c1-9-4-5-10(15)7-12(9)13-16-11(8-17-13)3-2-6-14/h4-5,7-8H,2-3,6H2,1H3. The summed E-state index contributed by atoms with van der Waals surface area (Å²) in [6, 6.07) is 4.80. The monoisotopic (exact) mass is 269 g/mol. The summed E-state index contributed by atoms with van der Waals surface area (Å²) in [4.78, 5) is 4.51. The molecule has 0 unspecified atom stereocenters. The predicted molar refractivity (Wildman–Crippen MR) is 71.3 cm³/mol. The number of aromatic nitrogens is 1. The lowest BCUT2D eigenvalue weighted by molar-refractivity contribution is 0.628. The fraction of sp³-hybridized carbons (Fsp3) is 0.308. The van der Waals surface area contributed by atoms with Gasteiger partial charge in [-0.25, -0.2) is 9.37 Å². The van der Waals surface area contributed by atoms with E-state index in [1.165, 1.54) is 6.07 Å². The van der Waals surface area contributed by atoms with Crippen molar-refractivity contribution in [3.05, 3.63) is 40.7 Å². The zero-order valence-corrected chi connectivity index (χ0v) is 11.1. The Morgan fingerprint density at radius 2 is 2.24 bits per heavy atom. The molecule has 0 N–H and O–H groups in total. The van der Waals surface area contributed by atoms with Gasteiger partial charge < -0.3 is 0 Å². The zero-order chi connectivity index (χ0) is 12.3. The van der Waals surface area contributed by atoms with Crippen molar-refractivity contribution in [1.29, 1.82) is 0 Å². The van der Waals surface area contributed by atoms with E-state index in [4.69, 9.17) is 11.6 Å². The highest BCUT2D eigenvalue weighted by molar-refractivity contribution is 7.13. The van der Waals surface area contributed by atoms with E-state index >= 15 is 0 Å². The van der Waals surface area contributed by atoms with Gasteiger partial charge in [-0.2, -0.15) is 0 Å². The molecule has 0 aliphatic carbocycles. The summed E-state index contributed by atoms with van der Waals surface area (Å²) in [5.41, 5.74) is 2.96. The van der Waals surface area contributed by atoms with Crippen molar-refractivity contribution in [3.8, 4) is 10.6 Å². The van der Waals surface area contributed by atoms with Crippen LogP contribution in [0.5, 0.6) is 0 Å². The predicted octanol–water partition coefficient (Wildman–Crippen LogP) is 4.43. The quantitative estimate of drug-likeness (QED) is 0.749. The molecule has 0 saturated carbocycles. The summed E-state index contributed by atoms with van der Waals surface area (Å²) in [6.45, 7) is 1.97. The number of rotatable bonds is 4. The number of nitrogens with zero attached hydrogens (tertiary/aromatic N) is 1. The number of aryl methyl sites for hydroxylation is 2. The van der Waals surface area contributed by atoms with E-state index in [0.717, 1.165) is 34.7 Å². The first-order valence-corrected chi connectivity index (χ1v) is 6.89. The minimum absolute atomic E-state index is 0.219. The van der Waals surface area contributed by atoms with Crippen LogP contribution in [0.25, 0.3) is 10.6 Å². The van der Waals surface area contributed by atoms with Gasteiger partial charge in [-0.3, -0.25) is 0 Å². The molecule has 0 radical (unpaired) electrons. The lowest BCUT2D eigenvalue weighted by atomic mass is 10.1. The van der Waals surface area contributed by atoms with E-state index in [1.807, 2.05) is 12.3 Å². The highest BCUT2D eigenvalue weighted by Crippen LogP contribution is 2.27. The third-order valence-corrected chi connectivity index (χ3v) is 3.74. The van der Waals surface area contributed by atoms with Crippen LogP contribution in [0, 0.1) is 12.7 Å². The van der Waals surface area contributed by atoms with E-state index in [9.17, 15) is 4.39 Å². The Balaban J connectivity index is 2.27. The SMILES string of the molecule is Cc1ccc(F)cc1-c1nc(CCCCl)cs1. The summed E-state index contributed by atoms with van der Waals surface area (Å²) < 4.78 is 13.2. The number of hydrogen-bond donors (Lipinski definition) is 0. The van der Waals surface area contributed by atoms with Crippen molar-refractivity contribution in [3.63, 3.8) is 0 Å². The van der Waals surface area contributed by atoms with Crippen LogP contribution in [-0.4, -0.2) is 10.9 Å². The first-order valence-electron chi connectivity index (χ1n) is 5.47. The smallest absolute Gasteiger partial charge is 0.123 e. The average molecular weight is 270 g/mol. The molecule has 0 aliphatic rings. The van der Waals surface area contributed by atoms with Crippen LogP contribution in [0.3, 0.4) is 0 Å². The maximum Gasteiger partial charge on any atom is 0.123 e. The second kappa shape index (κ2) is 5.61. The van der Waals surface area contributed by atoms with Crippen molar-refractivity contribution >= 4 is 22.9 Å². The Morgan fingerprint density at radius 3 is 3.00 bits per heavy atom. The van der Waals surface area contributed by atoms with Gasteiger partial charge in [0.25, 0.3) is 0 Å². The molecule has 0 spiro atoms. The molecule has 2 rings (SSSR count). The molecule has 0 saturated heterocycles. The first-order chi connectivity index (χ1) is 8.20. The van der Waals surface area contributed by atoms with Gasteiger partial charge in [-0.05, 0) is 37.5 Å². The number of halogens is 2. The Labute approximate surface area is 109 Å². The minimum atomic E-state index is -0.219. The molecule has 0 fully saturated rings. The fourth-order valence-corrected chi connectivity index (χ4v) is 2.69. The third kappa shape index (κ3) is 3.05. The Hall–Kier alpha value is -0.930. The topological polar surface area (TPSA) is 12.9 Å². The van der Waals surface area contributed by atoms with Crippen LogP contribution in [0.4, 0.5) is 4.39 Å². The Bertz CT molecular complexity index is 510. The molecular weight excluding hydrogens is 257 g/mol. The highest BCUT2D eigenvalue weighted by Gasteiger charge is 2.08. The fourth-order valence-electron chi connectivity index (χ4n) is 1.62. The summed E-state index contributed by atoms with van der Waals surface area (Å²) in [5, 5.41) is 2.90. The minimum Gasteiger partial charge on any atom is -0.241 e. The van der Waals surface area contributed by atoms with Gasteiger partial charge in [0.15, 0.2) is 0 Å². The van der Waals surface area contributed by atoms with Crippen molar-refractivity contribution < 1.29 is 4.39 Å². The third-order valence-electron chi connectivity index (χ3n) is 2.55. The van der Waals surface area contributed by atoms with E-state index in [2.05, 4.69) is 4.98 Å². The zero-order valence-electron chi connectivity index (χ0n) is 9.54. The molecule has 0 aliphatic heterocycles. The Morgan fingerprint density at radius 1 is 1.41 bits per heavy atom. The second-order valence-electron chi connectivity index (χ2n) is 3.90. The molecule has 17 heavy (non-hydrogen) atoms. The number of benzene rings is 1. The van der Waals surface area contributed by atoms with Gasteiger partial charge in [-0.15, -0.1) is 22.9 Å². The molecule has 2 aromatic rings.